The maximum atomic E-state index is 12.7. The summed E-state index contributed by atoms with van der Waals surface area (Å²) < 4.78 is 36.6. The highest BCUT2D eigenvalue weighted by Gasteiger charge is 2.54. The van der Waals surface area contributed by atoms with E-state index in [4.69, 9.17) is 9.47 Å². The quantitative estimate of drug-likeness (QED) is 0.194. The van der Waals surface area contributed by atoms with Gasteiger partial charge in [-0.1, -0.05) is 19.4 Å². The SMILES string of the molecule is COC(=O)c1ccc(N2CCN(CC3=C(c4cc(CN5CC6(C5)CN(S(C)(=O)=O)C6)cs4)CC(C)(C)CC3)CC2)cc1Oc1cnc2[nH]ccc2c1. The van der Waals surface area contributed by atoms with E-state index in [9.17, 15) is 13.2 Å². The van der Waals surface area contributed by atoms with E-state index in [1.165, 1.54) is 35.8 Å². The molecule has 1 aromatic carbocycles. The van der Waals surface area contributed by atoms with Gasteiger partial charge in [-0.2, -0.15) is 0 Å². The van der Waals surface area contributed by atoms with Crippen LogP contribution in [0.1, 0.15) is 53.9 Å². The molecule has 13 heteroatoms. The third-order valence-corrected chi connectivity index (χ3v) is 13.5. The lowest BCUT2D eigenvalue weighted by molar-refractivity contribution is -0.0844. The number of anilines is 1. The van der Waals surface area contributed by atoms with Gasteiger partial charge in [0, 0.05) is 99.1 Å². The Kier molecular flexibility index (Phi) is 9.22. The molecule has 1 aliphatic carbocycles. The number of benzene rings is 1. The molecule has 0 bridgehead atoms. The highest BCUT2D eigenvalue weighted by molar-refractivity contribution is 7.88. The number of methoxy groups -OCH3 is 1. The number of carbonyl (C=O) groups is 1. The smallest absolute Gasteiger partial charge is 0.341 e. The van der Waals surface area contributed by atoms with Crippen LogP contribution in [0, 0.1) is 10.8 Å². The topological polar surface area (TPSA) is 111 Å². The Hall–Kier alpha value is -3.75. The number of hydrogen-bond acceptors (Lipinski definition) is 10. The monoisotopic (exact) mass is 744 g/mol. The van der Waals surface area contributed by atoms with Gasteiger partial charge in [0.25, 0.3) is 0 Å². The van der Waals surface area contributed by atoms with Crippen LogP contribution in [0.3, 0.4) is 0 Å². The zero-order chi connectivity index (χ0) is 36.3. The Morgan fingerprint density at radius 2 is 1.79 bits per heavy atom. The Bertz CT molecular complexity index is 2120. The van der Waals surface area contributed by atoms with E-state index < -0.39 is 16.0 Å². The zero-order valence-electron chi connectivity index (χ0n) is 30.5. The minimum Gasteiger partial charge on any atom is -0.465 e. The highest BCUT2D eigenvalue weighted by Crippen LogP contribution is 2.46. The van der Waals surface area contributed by atoms with Crippen LogP contribution in [-0.2, 0) is 21.3 Å². The first-order chi connectivity index (χ1) is 24.9. The number of allylic oxidation sites excluding steroid dienone is 1. The summed E-state index contributed by atoms with van der Waals surface area (Å²) in [4.78, 5) is 29.0. The van der Waals surface area contributed by atoms with Crippen LogP contribution >= 0.6 is 11.3 Å². The molecule has 1 N–H and O–H groups in total. The van der Waals surface area contributed by atoms with E-state index in [0.717, 1.165) is 81.9 Å². The molecule has 3 aromatic heterocycles. The molecule has 0 atom stereocenters. The van der Waals surface area contributed by atoms with Gasteiger partial charge >= 0.3 is 5.97 Å². The van der Waals surface area contributed by atoms with Crippen LogP contribution in [0.15, 0.2) is 59.7 Å². The Morgan fingerprint density at radius 3 is 2.54 bits per heavy atom. The molecule has 276 valence electrons. The van der Waals surface area contributed by atoms with E-state index in [1.807, 2.05) is 41.8 Å². The van der Waals surface area contributed by atoms with Gasteiger partial charge in [0.15, 0.2) is 0 Å². The Morgan fingerprint density at radius 1 is 1.00 bits per heavy atom. The number of fused-ring (bicyclic) bond motifs is 1. The molecule has 0 saturated carbocycles. The number of rotatable bonds is 10. The second-order valence-corrected chi connectivity index (χ2v) is 18.9. The molecule has 4 aromatic rings. The molecule has 3 aliphatic heterocycles. The van der Waals surface area contributed by atoms with Crippen molar-refractivity contribution in [2.75, 3.05) is 77.2 Å². The second-order valence-electron chi connectivity index (χ2n) is 16.0. The summed E-state index contributed by atoms with van der Waals surface area (Å²) in [5.41, 5.74) is 7.08. The first kappa shape index (κ1) is 35.3. The van der Waals surface area contributed by atoms with Crippen LogP contribution in [0.5, 0.6) is 11.5 Å². The van der Waals surface area contributed by atoms with Crippen LogP contribution in [-0.4, -0.2) is 111 Å². The summed E-state index contributed by atoms with van der Waals surface area (Å²) in [6, 6.07) is 12.0. The number of aromatic nitrogens is 2. The molecule has 6 heterocycles. The maximum Gasteiger partial charge on any atom is 0.341 e. The fourth-order valence-corrected chi connectivity index (χ4v) is 10.4. The summed E-state index contributed by atoms with van der Waals surface area (Å²) in [6.07, 6.45) is 8.23. The average Bonchev–Trinajstić information content (AvgIpc) is 3.75. The van der Waals surface area contributed by atoms with Gasteiger partial charge in [0.05, 0.1) is 19.6 Å². The zero-order valence-corrected chi connectivity index (χ0v) is 32.1. The van der Waals surface area contributed by atoms with E-state index >= 15 is 0 Å². The Balaban J connectivity index is 0.917. The van der Waals surface area contributed by atoms with Crippen LogP contribution in [0.25, 0.3) is 16.6 Å². The molecule has 1 spiro atoms. The van der Waals surface area contributed by atoms with Gasteiger partial charge in [0.1, 0.15) is 22.7 Å². The molecule has 3 saturated heterocycles. The van der Waals surface area contributed by atoms with Crippen molar-refractivity contribution in [1.29, 1.82) is 0 Å². The van der Waals surface area contributed by atoms with Crippen molar-refractivity contribution < 1.29 is 22.7 Å². The number of carbonyl (C=O) groups excluding carboxylic acids is 1. The van der Waals surface area contributed by atoms with Crippen molar-refractivity contribution in [2.24, 2.45) is 10.8 Å². The number of likely N-dealkylation sites (tertiary alicyclic amines) is 1. The van der Waals surface area contributed by atoms with E-state index in [-0.39, 0.29) is 10.8 Å². The number of thiophene rings is 1. The number of ether oxygens (including phenoxy) is 2. The molecule has 8 rings (SSSR count). The normalized spacial score (nSPS) is 21.0. The second kappa shape index (κ2) is 13.6. The molecule has 3 fully saturated rings. The predicted octanol–water partition coefficient (Wildman–Crippen LogP) is 6.07. The molecule has 0 radical (unpaired) electrons. The van der Waals surface area contributed by atoms with Crippen LogP contribution < -0.4 is 9.64 Å². The van der Waals surface area contributed by atoms with Crippen LogP contribution in [0.2, 0.25) is 0 Å². The number of hydrogen-bond donors (Lipinski definition) is 1. The highest BCUT2D eigenvalue weighted by atomic mass is 32.2. The standard InChI is InChI=1S/C39H48N6O5S2/c1-38(2)9-7-29(33(18-38)35-15-27(22-51-35)20-43-23-39(24-43)25-45(26-39)52(4,47)48)21-42-11-13-44(14-12-42)30-5-6-32(37(46)49-3)34(17-30)50-31-16-28-8-10-40-36(28)41-19-31/h5-6,8,10,15-17,19,22H,7,9,11-14,18,20-21,23-26H2,1-4H3,(H,40,41). The Labute approximate surface area is 310 Å². The predicted molar refractivity (Wildman–Crippen MR) is 206 cm³/mol. The average molecular weight is 745 g/mol. The number of nitrogens with zero attached hydrogens (tertiary/aromatic N) is 5. The number of sulfonamides is 1. The molecular weight excluding hydrogens is 697 g/mol. The molecule has 52 heavy (non-hydrogen) atoms. The molecule has 0 amide bonds. The summed E-state index contributed by atoms with van der Waals surface area (Å²) in [5, 5.41) is 3.26. The van der Waals surface area contributed by atoms with Gasteiger partial charge in [0.2, 0.25) is 10.0 Å². The molecule has 4 aliphatic rings. The number of piperazine rings is 1. The minimum absolute atomic E-state index is 0.160. The van der Waals surface area contributed by atoms with Gasteiger partial charge in [-0.15, -0.1) is 11.3 Å². The van der Waals surface area contributed by atoms with Gasteiger partial charge < -0.3 is 19.4 Å². The summed E-state index contributed by atoms with van der Waals surface area (Å²) >= 11 is 1.88. The number of H-pyrrole nitrogens is 1. The van der Waals surface area contributed by atoms with Crippen LogP contribution in [0.4, 0.5) is 5.69 Å². The lowest BCUT2D eigenvalue weighted by Gasteiger charge is -2.59. The fraction of sp³-hybridized carbons (Fsp3) is 0.487. The molecular formula is C39H48N6O5S2. The summed E-state index contributed by atoms with van der Waals surface area (Å²) in [7, 11) is -1.69. The van der Waals surface area contributed by atoms with Crippen molar-refractivity contribution in [3.8, 4) is 11.5 Å². The molecule has 11 nitrogen and oxygen atoms in total. The largest absolute Gasteiger partial charge is 0.465 e. The van der Waals surface area contributed by atoms with E-state index in [0.29, 0.717) is 30.2 Å². The number of nitrogens with one attached hydrogen (secondary N) is 1. The maximum absolute atomic E-state index is 12.7. The third-order valence-electron chi connectivity index (χ3n) is 11.3. The number of pyridine rings is 1. The van der Waals surface area contributed by atoms with Crippen molar-refractivity contribution in [3.05, 3.63) is 75.7 Å². The fourth-order valence-electron chi connectivity index (χ4n) is 8.40. The lowest BCUT2D eigenvalue weighted by atomic mass is 9.73. The van der Waals surface area contributed by atoms with Crippen molar-refractivity contribution >= 4 is 49.6 Å². The van der Waals surface area contributed by atoms with Gasteiger partial charge in [-0.25, -0.2) is 22.5 Å². The van der Waals surface area contributed by atoms with Crippen molar-refractivity contribution in [3.63, 3.8) is 0 Å². The number of esters is 1. The first-order valence-electron chi connectivity index (χ1n) is 18.1. The first-order valence-corrected chi connectivity index (χ1v) is 20.9. The lowest BCUT2D eigenvalue weighted by Crippen LogP contribution is -2.72. The van der Waals surface area contributed by atoms with Gasteiger partial charge in [-0.3, -0.25) is 9.80 Å². The molecule has 0 unspecified atom stereocenters. The minimum atomic E-state index is -3.08. The summed E-state index contributed by atoms with van der Waals surface area (Å²) in [5.74, 6) is 0.571. The third kappa shape index (κ3) is 7.25. The summed E-state index contributed by atoms with van der Waals surface area (Å²) in [6.45, 7) is 13.6. The van der Waals surface area contributed by atoms with E-state index in [1.54, 1.807) is 22.1 Å². The number of aromatic amines is 1. The van der Waals surface area contributed by atoms with E-state index in [2.05, 4.69) is 50.0 Å². The van der Waals surface area contributed by atoms with Crippen molar-refractivity contribution in [2.45, 2.75) is 39.7 Å². The van der Waals surface area contributed by atoms with Crippen molar-refractivity contribution in [1.82, 2.24) is 24.1 Å². The van der Waals surface area contributed by atoms with Gasteiger partial charge in [-0.05, 0) is 71.5 Å².